The van der Waals surface area contributed by atoms with Gasteiger partial charge in [0.1, 0.15) is 11.5 Å². The highest BCUT2D eigenvalue weighted by molar-refractivity contribution is 7.60. The number of aryl methyl sites for hydroxylation is 1. The van der Waals surface area contributed by atoms with Gasteiger partial charge in [-0.3, -0.25) is 0 Å². The summed E-state index contributed by atoms with van der Waals surface area (Å²) in [6.07, 6.45) is 0. The van der Waals surface area contributed by atoms with E-state index < -0.39 is 15.6 Å². The van der Waals surface area contributed by atoms with Gasteiger partial charge in [0.2, 0.25) is 0 Å². The summed E-state index contributed by atoms with van der Waals surface area (Å²) in [6, 6.07) is 62.8. The van der Waals surface area contributed by atoms with E-state index in [1.165, 1.54) is 50.1 Å². The molecule has 7 aromatic carbocycles. The fraction of sp³-hybridized carbons (Fsp3) is 0.0233. The third-order valence-corrected chi connectivity index (χ3v) is 9.22. The number of para-hydroxylation sites is 2. The number of rotatable bonds is 6. The Balaban J connectivity index is 0.000000228. The summed E-state index contributed by atoms with van der Waals surface area (Å²) in [5.74, 6) is 0.644. The topological polar surface area (TPSA) is 165 Å². The average molecular weight is 763 g/mol. The Labute approximate surface area is 314 Å². The Hall–Kier alpha value is -5.60. The van der Waals surface area contributed by atoms with Gasteiger partial charge in [0, 0.05) is 0 Å². The molecule has 7 rings (SSSR count). The quantitative estimate of drug-likeness (QED) is 0.0905. The van der Waals surface area contributed by atoms with E-state index in [1.807, 2.05) is 12.1 Å². The largest absolute Gasteiger partial charge is 0.508 e. The fourth-order valence-corrected chi connectivity index (χ4v) is 6.54. The molecule has 11 heteroatoms. The minimum atomic E-state index is -5.05. The maximum atomic E-state index is 9.63. The molecule has 0 fully saturated rings. The summed E-state index contributed by atoms with van der Waals surface area (Å²) in [5, 5.41) is 17.3. The van der Waals surface area contributed by atoms with E-state index in [2.05, 4.69) is 139 Å². The fourth-order valence-electron chi connectivity index (χ4n) is 5.43. The number of phenolic OH excluding ortho intramolecular Hbond substituents is 2. The average Bonchev–Trinajstić information content (AvgIpc) is 3.16. The molecule has 0 unspecified atom stereocenters. The van der Waals surface area contributed by atoms with Crippen molar-refractivity contribution in [3.8, 4) is 56.0 Å². The lowest BCUT2D eigenvalue weighted by Gasteiger charge is -2.23. The second-order valence-corrected chi connectivity index (χ2v) is 14.2. The lowest BCUT2D eigenvalue weighted by molar-refractivity contribution is 0.225. The molecular weight excluding hydrogens is 722 g/mol. The highest BCUT2D eigenvalue weighted by Crippen LogP contribution is 2.54. The van der Waals surface area contributed by atoms with Crippen molar-refractivity contribution in [2.45, 2.75) is 6.92 Å². The molecule has 0 saturated heterocycles. The lowest BCUT2D eigenvalue weighted by atomic mass is 9.80. The maximum Gasteiger partial charge on any atom is 0.478 e. The predicted octanol–water partition coefficient (Wildman–Crippen LogP) is 10.6. The van der Waals surface area contributed by atoms with Crippen molar-refractivity contribution in [2.75, 3.05) is 0 Å². The van der Waals surface area contributed by atoms with Crippen LogP contribution in [0.3, 0.4) is 0 Å². The summed E-state index contributed by atoms with van der Waals surface area (Å²) in [4.78, 5) is 31.0. The van der Waals surface area contributed by atoms with Gasteiger partial charge in [-0.25, -0.2) is 9.13 Å². The number of aromatic hydroxyl groups is 2. The first-order chi connectivity index (χ1) is 25.8. The Kier molecular flexibility index (Phi) is 15.3. The molecule has 0 saturated carbocycles. The van der Waals surface area contributed by atoms with Crippen molar-refractivity contribution in [1.82, 2.24) is 0 Å². The van der Waals surface area contributed by atoms with Crippen molar-refractivity contribution in [3.05, 3.63) is 194 Å². The normalized spacial score (nSPS) is 10.7. The van der Waals surface area contributed by atoms with Gasteiger partial charge in [-0.1, -0.05) is 164 Å². The molecule has 276 valence electrons. The highest BCUT2D eigenvalue weighted by atomic mass is 31.3. The van der Waals surface area contributed by atoms with E-state index in [-0.39, 0.29) is 0 Å². The Bertz CT molecular complexity index is 2190. The van der Waals surface area contributed by atoms with Crippen LogP contribution in [0.4, 0.5) is 0 Å². The van der Waals surface area contributed by atoms with Crippen LogP contribution in [-0.4, -0.2) is 29.8 Å². The number of phosphoric acid groups is 2. The SMILES string of the molecule is Cc1cc(-c2ccccc2)c(-c2ccccc2)c(-c2ccccc2)c1-c1ccccc1.O=P(O)(O)OP(=O)(O)O.Oc1ccccc1.Oc1ccccc1. The van der Waals surface area contributed by atoms with Crippen molar-refractivity contribution >= 4 is 15.6 Å². The first kappa shape index (κ1) is 41.2. The molecule has 0 aromatic heterocycles. The zero-order chi connectivity index (χ0) is 39.0. The van der Waals surface area contributed by atoms with Gasteiger partial charge in [0.25, 0.3) is 0 Å². The Morgan fingerprint density at radius 3 is 0.944 bits per heavy atom. The van der Waals surface area contributed by atoms with Crippen LogP contribution in [0.5, 0.6) is 11.5 Å². The standard InChI is InChI=1S/C31H24.2C6H6O.H4O7P2/c1-23-22-28(24-14-6-2-7-15-24)30(26-18-10-4-11-19-26)31(27-20-12-5-13-21-27)29(23)25-16-8-3-9-17-25;2*7-6-4-2-1-3-5-6;1-8(2,3)7-9(4,5)6/h2-22H,1H3;2*1-5,7H;(H2,1,2,3)(H2,4,5,6). The van der Waals surface area contributed by atoms with E-state index in [9.17, 15) is 9.13 Å². The van der Waals surface area contributed by atoms with Crippen molar-refractivity contribution in [2.24, 2.45) is 0 Å². The van der Waals surface area contributed by atoms with Gasteiger partial charge in [-0.15, -0.1) is 0 Å². The maximum absolute atomic E-state index is 9.63. The van der Waals surface area contributed by atoms with E-state index >= 15 is 0 Å². The van der Waals surface area contributed by atoms with Gasteiger partial charge in [0.15, 0.2) is 0 Å². The van der Waals surface area contributed by atoms with Gasteiger partial charge in [0.05, 0.1) is 0 Å². The van der Waals surface area contributed by atoms with Crippen LogP contribution in [0.25, 0.3) is 44.5 Å². The van der Waals surface area contributed by atoms with Crippen LogP contribution in [0.1, 0.15) is 5.56 Å². The monoisotopic (exact) mass is 762 g/mol. The molecule has 0 amide bonds. The van der Waals surface area contributed by atoms with Crippen molar-refractivity contribution < 1.29 is 43.2 Å². The predicted molar refractivity (Wildman–Crippen MR) is 214 cm³/mol. The second kappa shape index (κ2) is 20.0. The molecule has 0 heterocycles. The van der Waals surface area contributed by atoms with Gasteiger partial charge in [-0.2, -0.15) is 4.31 Å². The molecule has 9 nitrogen and oxygen atoms in total. The molecule has 0 aliphatic heterocycles. The molecule has 0 spiro atoms. The summed E-state index contributed by atoms with van der Waals surface area (Å²) >= 11 is 0. The number of hydrogen-bond acceptors (Lipinski definition) is 5. The summed E-state index contributed by atoms with van der Waals surface area (Å²) in [5.41, 5.74) is 11.4. The van der Waals surface area contributed by atoms with Crippen LogP contribution < -0.4 is 0 Å². The van der Waals surface area contributed by atoms with Crippen molar-refractivity contribution in [3.63, 3.8) is 0 Å². The molecule has 7 aromatic rings. The lowest BCUT2D eigenvalue weighted by Crippen LogP contribution is -1.97. The second-order valence-electron chi connectivity index (χ2n) is 11.6. The van der Waals surface area contributed by atoms with Crippen LogP contribution in [0.15, 0.2) is 188 Å². The summed E-state index contributed by atoms with van der Waals surface area (Å²) < 4.78 is 22.2. The number of benzene rings is 7. The van der Waals surface area contributed by atoms with E-state index in [0.29, 0.717) is 11.5 Å². The zero-order valence-corrected chi connectivity index (χ0v) is 31.0. The van der Waals surface area contributed by atoms with Gasteiger partial charge >= 0.3 is 15.6 Å². The zero-order valence-electron chi connectivity index (χ0n) is 29.2. The van der Waals surface area contributed by atoms with E-state index in [0.717, 1.165) is 0 Å². The minimum absolute atomic E-state index is 0.322. The molecule has 54 heavy (non-hydrogen) atoms. The van der Waals surface area contributed by atoms with Crippen LogP contribution in [0.2, 0.25) is 0 Å². The van der Waals surface area contributed by atoms with E-state index in [1.54, 1.807) is 48.5 Å². The smallest absolute Gasteiger partial charge is 0.478 e. The van der Waals surface area contributed by atoms with Gasteiger partial charge < -0.3 is 29.8 Å². The Morgan fingerprint density at radius 1 is 0.389 bits per heavy atom. The summed E-state index contributed by atoms with van der Waals surface area (Å²) in [7, 11) is -10.1. The molecule has 0 aliphatic rings. The molecule has 0 radical (unpaired) electrons. The van der Waals surface area contributed by atoms with E-state index in [4.69, 9.17) is 29.8 Å². The Morgan fingerprint density at radius 2 is 0.667 bits per heavy atom. The molecule has 0 bridgehead atoms. The highest BCUT2D eigenvalue weighted by Gasteiger charge is 2.28. The minimum Gasteiger partial charge on any atom is -0.508 e. The van der Waals surface area contributed by atoms with Crippen LogP contribution >= 0.6 is 15.6 Å². The third-order valence-electron chi connectivity index (χ3n) is 7.52. The molecule has 6 N–H and O–H groups in total. The van der Waals surface area contributed by atoms with Gasteiger partial charge in [-0.05, 0) is 81.3 Å². The number of hydrogen-bond donors (Lipinski definition) is 6. The molecule has 0 atom stereocenters. The number of phenols is 2. The first-order valence-corrected chi connectivity index (χ1v) is 19.6. The van der Waals surface area contributed by atoms with Crippen LogP contribution in [0, 0.1) is 6.92 Å². The van der Waals surface area contributed by atoms with Crippen LogP contribution in [-0.2, 0) is 13.4 Å². The van der Waals surface area contributed by atoms with Crippen molar-refractivity contribution in [1.29, 1.82) is 0 Å². The first-order valence-electron chi connectivity index (χ1n) is 16.5. The molecule has 0 aliphatic carbocycles. The third kappa shape index (κ3) is 13.4. The molecular formula is C43H40O9P2. The summed E-state index contributed by atoms with van der Waals surface area (Å²) in [6.45, 7) is 2.23.